The molecule has 0 bridgehead atoms. The molecule has 0 fully saturated rings. The SMILES string of the molecule is Cc1cc(Br)cc(NC(=O)C(C)Cc2c(C)nn(C)c2C)c1N.Cl.Cl. The molecule has 0 aliphatic heterocycles. The maximum Gasteiger partial charge on any atom is 0.227 e. The molecular formula is C17H25BrCl2N4O. The van der Waals surface area contributed by atoms with E-state index in [2.05, 4.69) is 26.3 Å². The van der Waals surface area contributed by atoms with Crippen molar-refractivity contribution >= 4 is 58.0 Å². The fraction of sp³-hybridized carbons (Fsp3) is 0.412. The molecule has 1 aromatic heterocycles. The van der Waals surface area contributed by atoms with Gasteiger partial charge < -0.3 is 11.1 Å². The molecule has 2 aromatic rings. The van der Waals surface area contributed by atoms with Crippen molar-refractivity contribution in [2.24, 2.45) is 13.0 Å². The number of aryl methyl sites for hydroxylation is 3. The molecule has 0 saturated heterocycles. The van der Waals surface area contributed by atoms with Gasteiger partial charge in [-0.1, -0.05) is 22.9 Å². The lowest BCUT2D eigenvalue weighted by Gasteiger charge is -2.15. The molecule has 0 aliphatic rings. The molecule has 0 saturated carbocycles. The van der Waals surface area contributed by atoms with Gasteiger partial charge in [0.25, 0.3) is 0 Å². The van der Waals surface area contributed by atoms with Crippen molar-refractivity contribution in [3.8, 4) is 0 Å². The van der Waals surface area contributed by atoms with E-state index in [1.54, 1.807) is 0 Å². The lowest BCUT2D eigenvalue weighted by molar-refractivity contribution is -0.119. The smallest absolute Gasteiger partial charge is 0.227 e. The van der Waals surface area contributed by atoms with Gasteiger partial charge in [0, 0.05) is 23.1 Å². The zero-order valence-electron chi connectivity index (χ0n) is 15.0. The lowest BCUT2D eigenvalue weighted by atomic mass is 9.98. The Morgan fingerprint density at radius 3 is 2.44 bits per heavy atom. The first kappa shape index (κ1) is 23.8. The first-order valence-electron chi connectivity index (χ1n) is 7.56. The van der Waals surface area contributed by atoms with Crippen LogP contribution in [0.5, 0.6) is 0 Å². The maximum atomic E-state index is 12.5. The molecular weight excluding hydrogens is 427 g/mol. The van der Waals surface area contributed by atoms with Crippen LogP contribution < -0.4 is 11.1 Å². The first-order valence-corrected chi connectivity index (χ1v) is 8.35. The van der Waals surface area contributed by atoms with Crippen LogP contribution in [0.4, 0.5) is 11.4 Å². The van der Waals surface area contributed by atoms with Gasteiger partial charge in [0.15, 0.2) is 0 Å². The molecule has 2 rings (SSSR count). The van der Waals surface area contributed by atoms with E-state index in [0.29, 0.717) is 17.8 Å². The van der Waals surface area contributed by atoms with E-state index in [4.69, 9.17) is 5.73 Å². The molecule has 0 aliphatic carbocycles. The maximum absolute atomic E-state index is 12.5. The number of amides is 1. The van der Waals surface area contributed by atoms with Crippen LogP contribution >= 0.6 is 40.7 Å². The van der Waals surface area contributed by atoms with Crippen LogP contribution in [-0.2, 0) is 18.3 Å². The van der Waals surface area contributed by atoms with Gasteiger partial charge in [0.2, 0.25) is 5.91 Å². The van der Waals surface area contributed by atoms with Crippen molar-refractivity contribution in [2.75, 3.05) is 11.1 Å². The van der Waals surface area contributed by atoms with Crippen molar-refractivity contribution in [3.05, 3.63) is 39.1 Å². The number of carbonyl (C=O) groups is 1. The van der Waals surface area contributed by atoms with E-state index in [1.165, 1.54) is 0 Å². The second-order valence-electron chi connectivity index (χ2n) is 6.05. The fourth-order valence-electron chi connectivity index (χ4n) is 2.63. The number of carbonyl (C=O) groups excluding carboxylic acids is 1. The average molecular weight is 452 g/mol. The number of anilines is 2. The Bertz CT molecular complexity index is 762. The molecule has 1 unspecified atom stereocenters. The normalized spacial score (nSPS) is 11.3. The molecule has 8 heteroatoms. The number of halogens is 3. The van der Waals surface area contributed by atoms with Gasteiger partial charge in [-0.25, -0.2) is 0 Å². The Balaban J connectivity index is 0.00000288. The Morgan fingerprint density at radius 1 is 1.32 bits per heavy atom. The number of hydrogen-bond donors (Lipinski definition) is 2. The van der Waals surface area contributed by atoms with E-state index in [1.807, 2.05) is 51.6 Å². The second-order valence-corrected chi connectivity index (χ2v) is 6.97. The van der Waals surface area contributed by atoms with Crippen LogP contribution in [0.3, 0.4) is 0 Å². The van der Waals surface area contributed by atoms with Crippen LogP contribution in [0.25, 0.3) is 0 Å². The quantitative estimate of drug-likeness (QED) is 0.678. The Labute approximate surface area is 169 Å². The summed E-state index contributed by atoms with van der Waals surface area (Å²) in [5, 5.41) is 7.34. The highest BCUT2D eigenvalue weighted by Crippen LogP contribution is 2.28. The third-order valence-electron chi connectivity index (χ3n) is 4.23. The molecule has 140 valence electrons. The number of benzene rings is 1. The molecule has 5 nitrogen and oxygen atoms in total. The monoisotopic (exact) mass is 450 g/mol. The fourth-order valence-corrected chi connectivity index (χ4v) is 3.20. The molecule has 25 heavy (non-hydrogen) atoms. The Hall–Kier alpha value is -1.24. The van der Waals surface area contributed by atoms with Gasteiger partial charge in [-0.15, -0.1) is 24.8 Å². The summed E-state index contributed by atoms with van der Waals surface area (Å²) in [7, 11) is 1.92. The molecule has 0 spiro atoms. The van der Waals surface area contributed by atoms with Crippen LogP contribution in [0.2, 0.25) is 0 Å². The molecule has 1 amide bonds. The third kappa shape index (κ3) is 5.36. The predicted molar refractivity (Wildman–Crippen MR) is 112 cm³/mol. The minimum atomic E-state index is -0.171. The molecule has 1 aromatic carbocycles. The van der Waals surface area contributed by atoms with E-state index < -0.39 is 0 Å². The number of nitrogens with two attached hydrogens (primary N) is 1. The summed E-state index contributed by atoms with van der Waals surface area (Å²) in [4.78, 5) is 12.5. The molecule has 0 radical (unpaired) electrons. The minimum Gasteiger partial charge on any atom is -0.397 e. The van der Waals surface area contributed by atoms with Crippen LogP contribution in [0.1, 0.15) is 29.4 Å². The largest absolute Gasteiger partial charge is 0.397 e. The number of nitrogen functional groups attached to an aromatic ring is 1. The highest BCUT2D eigenvalue weighted by Gasteiger charge is 2.19. The summed E-state index contributed by atoms with van der Waals surface area (Å²) in [5.74, 6) is -0.216. The van der Waals surface area contributed by atoms with Gasteiger partial charge >= 0.3 is 0 Å². The summed E-state index contributed by atoms with van der Waals surface area (Å²) in [6, 6.07) is 3.75. The molecule has 1 heterocycles. The number of hydrogen-bond acceptors (Lipinski definition) is 3. The minimum absolute atomic E-state index is 0. The first-order chi connectivity index (χ1) is 10.7. The highest BCUT2D eigenvalue weighted by atomic mass is 79.9. The summed E-state index contributed by atoms with van der Waals surface area (Å²) in [5.41, 5.74) is 11.4. The Kier molecular flexibility index (Phi) is 8.99. The molecule has 3 N–H and O–H groups in total. The number of nitrogens with zero attached hydrogens (tertiary/aromatic N) is 2. The van der Waals surface area contributed by atoms with Crippen molar-refractivity contribution in [1.82, 2.24) is 9.78 Å². The number of nitrogens with one attached hydrogen (secondary N) is 1. The Morgan fingerprint density at radius 2 is 1.92 bits per heavy atom. The topological polar surface area (TPSA) is 72.9 Å². The number of rotatable bonds is 4. The van der Waals surface area contributed by atoms with Crippen LogP contribution in [0.15, 0.2) is 16.6 Å². The summed E-state index contributed by atoms with van der Waals surface area (Å²) < 4.78 is 2.75. The summed E-state index contributed by atoms with van der Waals surface area (Å²) >= 11 is 3.43. The second kappa shape index (κ2) is 9.46. The predicted octanol–water partition coefficient (Wildman–Crippen LogP) is 4.35. The van der Waals surface area contributed by atoms with Gasteiger partial charge in [0.1, 0.15) is 0 Å². The third-order valence-corrected chi connectivity index (χ3v) is 4.68. The zero-order chi connectivity index (χ0) is 17.3. The van der Waals surface area contributed by atoms with Crippen molar-refractivity contribution in [1.29, 1.82) is 0 Å². The number of aromatic nitrogens is 2. The van der Waals surface area contributed by atoms with Gasteiger partial charge in [-0.2, -0.15) is 5.10 Å². The van der Waals surface area contributed by atoms with Gasteiger partial charge in [0.05, 0.1) is 17.1 Å². The van der Waals surface area contributed by atoms with E-state index >= 15 is 0 Å². The van der Waals surface area contributed by atoms with Crippen molar-refractivity contribution < 1.29 is 4.79 Å². The van der Waals surface area contributed by atoms with E-state index in [9.17, 15) is 4.79 Å². The van der Waals surface area contributed by atoms with Crippen molar-refractivity contribution in [2.45, 2.75) is 34.1 Å². The van der Waals surface area contributed by atoms with Gasteiger partial charge in [-0.05, 0) is 50.5 Å². The summed E-state index contributed by atoms with van der Waals surface area (Å²) in [6.45, 7) is 7.84. The van der Waals surface area contributed by atoms with E-state index in [0.717, 1.165) is 27.0 Å². The zero-order valence-corrected chi connectivity index (χ0v) is 18.2. The highest BCUT2D eigenvalue weighted by molar-refractivity contribution is 9.10. The van der Waals surface area contributed by atoms with Crippen LogP contribution in [0, 0.1) is 26.7 Å². The molecule has 1 atom stereocenters. The summed E-state index contributed by atoms with van der Waals surface area (Å²) in [6.07, 6.45) is 0.657. The lowest BCUT2D eigenvalue weighted by Crippen LogP contribution is -2.23. The van der Waals surface area contributed by atoms with Crippen LogP contribution in [-0.4, -0.2) is 15.7 Å². The van der Waals surface area contributed by atoms with Gasteiger partial charge in [-0.3, -0.25) is 9.48 Å². The standard InChI is InChI=1S/C17H23BrN4O.2ClH/c1-9-6-13(18)8-15(16(9)19)20-17(23)10(2)7-14-11(3)21-22(5)12(14)4;;/h6,8,10H,7,19H2,1-5H3,(H,20,23);2*1H. The average Bonchev–Trinajstić information content (AvgIpc) is 2.70. The van der Waals surface area contributed by atoms with Crippen molar-refractivity contribution in [3.63, 3.8) is 0 Å². The van der Waals surface area contributed by atoms with E-state index in [-0.39, 0.29) is 36.6 Å².